The first-order valence-electron chi connectivity index (χ1n) is 13.8. The van der Waals surface area contributed by atoms with E-state index in [1.54, 1.807) is 19.9 Å². The van der Waals surface area contributed by atoms with Crippen LogP contribution in [-0.4, -0.2) is 56.2 Å². The van der Waals surface area contributed by atoms with Crippen molar-refractivity contribution in [1.82, 2.24) is 0 Å². The molecule has 0 saturated carbocycles. The minimum atomic E-state index is -1.06. The van der Waals surface area contributed by atoms with E-state index in [1.807, 2.05) is 34.6 Å². The third kappa shape index (κ3) is 13.1. The van der Waals surface area contributed by atoms with Gasteiger partial charge in [-0.05, 0) is 49.3 Å². The number of nitrogens with two attached hydrogens (primary N) is 1. The minimum Gasteiger partial charge on any atom is -0.461 e. The molecule has 1 rings (SSSR count). The van der Waals surface area contributed by atoms with Crippen molar-refractivity contribution in [2.75, 3.05) is 19.8 Å². The standard InChI is InChI=1S/C29H45NO10/c1-8-18(4)15-36-28(33)39-24-12-11-22(14-25(24)40-29(34)37-16-19(5)9-2)13-23(30)27(32)35-17-21(7)38-26(31)20(6)10-3/h11-12,14,18-21,23H,8-10,13,15-17,30H2,1-7H3/t18?,19?,20?,21-,23-/m0/s1. The van der Waals surface area contributed by atoms with Crippen molar-refractivity contribution in [3.63, 3.8) is 0 Å². The van der Waals surface area contributed by atoms with E-state index in [1.165, 1.54) is 12.1 Å². The van der Waals surface area contributed by atoms with Gasteiger partial charge in [0.05, 0.1) is 19.1 Å². The third-order valence-corrected chi connectivity index (χ3v) is 6.31. The molecule has 11 nitrogen and oxygen atoms in total. The highest BCUT2D eigenvalue weighted by Crippen LogP contribution is 2.30. The molecule has 2 N–H and O–H groups in total. The van der Waals surface area contributed by atoms with Gasteiger partial charge in [0.1, 0.15) is 18.8 Å². The molecule has 0 amide bonds. The van der Waals surface area contributed by atoms with Crippen LogP contribution in [-0.2, 0) is 35.0 Å². The maximum absolute atomic E-state index is 12.5. The Bertz CT molecular complexity index is 966. The summed E-state index contributed by atoms with van der Waals surface area (Å²) in [6.07, 6.45) is -0.253. The average molecular weight is 568 g/mol. The molecule has 0 aliphatic carbocycles. The molecular weight excluding hydrogens is 522 g/mol. The quantitative estimate of drug-likeness (QED) is 0.159. The zero-order valence-electron chi connectivity index (χ0n) is 24.7. The summed E-state index contributed by atoms with van der Waals surface area (Å²) in [7, 11) is 0. The van der Waals surface area contributed by atoms with Crippen LogP contribution in [0.1, 0.15) is 73.3 Å². The second-order valence-electron chi connectivity index (χ2n) is 10.1. The molecule has 1 aromatic carbocycles. The summed E-state index contributed by atoms with van der Waals surface area (Å²) in [6.45, 7) is 13.2. The number of esters is 2. The number of hydrogen-bond acceptors (Lipinski definition) is 11. The number of ether oxygens (including phenoxy) is 6. The molecule has 226 valence electrons. The molecule has 5 atom stereocenters. The van der Waals surface area contributed by atoms with Crippen LogP contribution in [0.5, 0.6) is 11.5 Å². The highest BCUT2D eigenvalue weighted by Gasteiger charge is 2.22. The lowest BCUT2D eigenvalue weighted by Crippen LogP contribution is -2.36. The van der Waals surface area contributed by atoms with Crippen LogP contribution in [0.3, 0.4) is 0 Å². The Labute approximate surface area is 236 Å². The molecule has 0 spiro atoms. The van der Waals surface area contributed by atoms with Gasteiger partial charge in [0.25, 0.3) is 0 Å². The first kappa shape index (κ1) is 34.7. The van der Waals surface area contributed by atoms with E-state index in [4.69, 9.17) is 34.2 Å². The summed E-state index contributed by atoms with van der Waals surface area (Å²) in [5, 5.41) is 0. The summed E-state index contributed by atoms with van der Waals surface area (Å²) >= 11 is 0. The summed E-state index contributed by atoms with van der Waals surface area (Å²) in [6, 6.07) is 3.34. The fourth-order valence-corrected chi connectivity index (χ4v) is 2.90. The van der Waals surface area contributed by atoms with Gasteiger partial charge < -0.3 is 34.2 Å². The van der Waals surface area contributed by atoms with Crippen LogP contribution in [0.2, 0.25) is 0 Å². The van der Waals surface area contributed by atoms with Gasteiger partial charge in [0.2, 0.25) is 0 Å². The Hall–Kier alpha value is -3.34. The van der Waals surface area contributed by atoms with Gasteiger partial charge in [0.15, 0.2) is 11.5 Å². The van der Waals surface area contributed by atoms with Crippen molar-refractivity contribution < 1.29 is 47.6 Å². The first-order chi connectivity index (χ1) is 18.9. The van der Waals surface area contributed by atoms with E-state index in [9.17, 15) is 19.2 Å². The Morgan fingerprint density at radius 1 is 0.725 bits per heavy atom. The van der Waals surface area contributed by atoms with Gasteiger partial charge in [-0.25, -0.2) is 9.59 Å². The van der Waals surface area contributed by atoms with Crippen molar-refractivity contribution in [3.05, 3.63) is 23.8 Å². The molecule has 0 heterocycles. The van der Waals surface area contributed by atoms with E-state index in [-0.39, 0.29) is 61.5 Å². The van der Waals surface area contributed by atoms with Crippen LogP contribution in [0, 0.1) is 17.8 Å². The lowest BCUT2D eigenvalue weighted by Gasteiger charge is -2.18. The topological polar surface area (TPSA) is 150 Å². The molecule has 3 unspecified atom stereocenters. The molecular formula is C29H45NO10. The molecule has 0 bridgehead atoms. The van der Waals surface area contributed by atoms with Gasteiger partial charge in [-0.1, -0.05) is 60.5 Å². The summed E-state index contributed by atoms with van der Waals surface area (Å²) in [4.78, 5) is 48.9. The van der Waals surface area contributed by atoms with Gasteiger partial charge in [0, 0.05) is 0 Å². The highest BCUT2D eigenvalue weighted by molar-refractivity contribution is 5.76. The fraction of sp³-hybridized carbons (Fsp3) is 0.655. The normalized spacial score (nSPS) is 14.6. The highest BCUT2D eigenvalue weighted by atomic mass is 16.7. The summed E-state index contributed by atoms with van der Waals surface area (Å²) in [5.41, 5.74) is 6.54. The Balaban J connectivity index is 2.89. The van der Waals surface area contributed by atoms with Crippen molar-refractivity contribution in [1.29, 1.82) is 0 Å². The average Bonchev–Trinajstić information content (AvgIpc) is 2.93. The van der Waals surface area contributed by atoms with Crippen molar-refractivity contribution >= 4 is 24.2 Å². The van der Waals surface area contributed by atoms with Crippen molar-refractivity contribution in [2.45, 2.75) is 86.3 Å². The van der Waals surface area contributed by atoms with E-state index in [0.29, 0.717) is 12.0 Å². The van der Waals surface area contributed by atoms with E-state index in [2.05, 4.69) is 0 Å². The van der Waals surface area contributed by atoms with Crippen LogP contribution >= 0.6 is 0 Å². The van der Waals surface area contributed by atoms with Crippen LogP contribution in [0.15, 0.2) is 18.2 Å². The molecule has 0 fully saturated rings. The predicted octanol–water partition coefficient (Wildman–Crippen LogP) is 5.20. The second-order valence-corrected chi connectivity index (χ2v) is 10.1. The smallest absolute Gasteiger partial charge is 0.461 e. The van der Waals surface area contributed by atoms with Crippen molar-refractivity contribution in [2.24, 2.45) is 23.5 Å². The number of rotatable bonds is 16. The molecule has 0 radical (unpaired) electrons. The van der Waals surface area contributed by atoms with Gasteiger partial charge >= 0.3 is 24.2 Å². The minimum absolute atomic E-state index is 0.0247. The van der Waals surface area contributed by atoms with Crippen LogP contribution in [0.4, 0.5) is 9.59 Å². The lowest BCUT2D eigenvalue weighted by atomic mass is 10.1. The number of carbonyl (C=O) groups is 4. The predicted molar refractivity (Wildman–Crippen MR) is 147 cm³/mol. The molecule has 1 aromatic rings. The number of benzene rings is 1. The Morgan fingerprint density at radius 3 is 1.80 bits per heavy atom. The molecule has 11 heteroatoms. The second kappa shape index (κ2) is 18.1. The SMILES string of the molecule is CCC(C)COC(=O)Oc1ccc(C[C@H](N)C(=O)OC[C@H](C)OC(=O)C(C)CC)cc1OC(=O)OCC(C)CC. The lowest BCUT2D eigenvalue weighted by molar-refractivity contribution is -0.161. The number of hydrogen-bond donors (Lipinski definition) is 1. The molecule has 0 aromatic heterocycles. The van der Waals surface area contributed by atoms with Gasteiger partial charge in [-0.3, -0.25) is 9.59 Å². The van der Waals surface area contributed by atoms with Crippen molar-refractivity contribution in [3.8, 4) is 11.5 Å². The van der Waals surface area contributed by atoms with Gasteiger partial charge in [-0.2, -0.15) is 0 Å². The van der Waals surface area contributed by atoms with E-state index in [0.717, 1.165) is 12.8 Å². The zero-order valence-corrected chi connectivity index (χ0v) is 24.7. The zero-order chi connectivity index (χ0) is 30.2. The van der Waals surface area contributed by atoms with Crippen LogP contribution < -0.4 is 15.2 Å². The molecule has 0 aliphatic rings. The fourth-order valence-electron chi connectivity index (χ4n) is 2.90. The summed E-state index contributed by atoms with van der Waals surface area (Å²) in [5.74, 6) is -1.19. The molecule has 0 saturated heterocycles. The monoisotopic (exact) mass is 567 g/mol. The Morgan fingerprint density at radius 2 is 1.27 bits per heavy atom. The largest absolute Gasteiger partial charge is 0.513 e. The maximum Gasteiger partial charge on any atom is 0.513 e. The van der Waals surface area contributed by atoms with Gasteiger partial charge in [-0.15, -0.1) is 0 Å². The number of carbonyl (C=O) groups excluding carboxylic acids is 4. The van der Waals surface area contributed by atoms with E-state index < -0.39 is 30.4 Å². The summed E-state index contributed by atoms with van der Waals surface area (Å²) < 4.78 is 31.3. The Kier molecular flexibility index (Phi) is 15.7. The van der Waals surface area contributed by atoms with E-state index >= 15 is 0 Å². The molecule has 40 heavy (non-hydrogen) atoms. The third-order valence-electron chi connectivity index (χ3n) is 6.31. The maximum atomic E-state index is 12.5. The first-order valence-corrected chi connectivity index (χ1v) is 13.8. The molecule has 0 aliphatic heterocycles. The van der Waals surface area contributed by atoms with Crippen LogP contribution in [0.25, 0.3) is 0 Å².